The van der Waals surface area contributed by atoms with Gasteiger partial charge in [-0.25, -0.2) is 4.39 Å². The van der Waals surface area contributed by atoms with E-state index in [4.69, 9.17) is 11.6 Å². The predicted octanol–water partition coefficient (Wildman–Crippen LogP) is 4.83. The van der Waals surface area contributed by atoms with Gasteiger partial charge < -0.3 is 5.11 Å². The van der Waals surface area contributed by atoms with Gasteiger partial charge in [-0.1, -0.05) is 57.4 Å². The summed E-state index contributed by atoms with van der Waals surface area (Å²) in [6, 6.07) is 10.5. The molecule has 1 unspecified atom stereocenters. The van der Waals surface area contributed by atoms with Crippen molar-refractivity contribution in [2.24, 2.45) is 0 Å². The lowest BCUT2D eigenvalue weighted by Gasteiger charge is -2.14. The SMILES string of the molecule is Cc1ccc(Br)c(C(O)Cc2cccc(Cl)c2F)c1. The predicted molar refractivity (Wildman–Crippen MR) is 79.0 cm³/mol. The van der Waals surface area contributed by atoms with Gasteiger partial charge in [-0.3, -0.25) is 0 Å². The van der Waals surface area contributed by atoms with Crippen LogP contribution in [0.4, 0.5) is 4.39 Å². The topological polar surface area (TPSA) is 20.2 Å². The Hall–Kier alpha value is -0.900. The molecule has 4 heteroatoms. The second kappa shape index (κ2) is 6.04. The minimum Gasteiger partial charge on any atom is -0.388 e. The molecule has 1 atom stereocenters. The summed E-state index contributed by atoms with van der Waals surface area (Å²) in [5.74, 6) is -0.466. The lowest BCUT2D eigenvalue weighted by atomic mass is 10.00. The van der Waals surface area contributed by atoms with E-state index < -0.39 is 11.9 Å². The summed E-state index contributed by atoms with van der Waals surface area (Å²) in [5, 5.41) is 10.3. The third-order valence-electron chi connectivity index (χ3n) is 2.96. The molecular weight excluding hydrogens is 331 g/mol. The Morgan fingerprint density at radius 2 is 2.05 bits per heavy atom. The van der Waals surface area contributed by atoms with Crippen LogP contribution >= 0.6 is 27.5 Å². The van der Waals surface area contributed by atoms with Crippen molar-refractivity contribution in [1.82, 2.24) is 0 Å². The minimum absolute atomic E-state index is 0.0769. The second-order valence-corrected chi connectivity index (χ2v) is 5.72. The molecule has 0 saturated heterocycles. The Morgan fingerprint density at radius 3 is 2.79 bits per heavy atom. The molecule has 2 rings (SSSR count). The normalized spacial score (nSPS) is 12.5. The molecule has 0 aliphatic heterocycles. The lowest BCUT2D eigenvalue weighted by Crippen LogP contribution is -2.05. The van der Waals surface area contributed by atoms with Crippen LogP contribution in [0, 0.1) is 12.7 Å². The van der Waals surface area contributed by atoms with Gasteiger partial charge in [0.25, 0.3) is 0 Å². The first-order chi connectivity index (χ1) is 8.99. The Balaban J connectivity index is 2.28. The van der Waals surface area contributed by atoms with Crippen molar-refractivity contribution in [2.75, 3.05) is 0 Å². The molecule has 100 valence electrons. The maximum absolute atomic E-state index is 13.8. The van der Waals surface area contributed by atoms with Gasteiger partial charge in [0.05, 0.1) is 11.1 Å². The molecule has 2 aromatic rings. The van der Waals surface area contributed by atoms with Gasteiger partial charge >= 0.3 is 0 Å². The molecule has 0 saturated carbocycles. The van der Waals surface area contributed by atoms with Crippen LogP contribution in [0.25, 0.3) is 0 Å². The van der Waals surface area contributed by atoms with Crippen LogP contribution in [0.5, 0.6) is 0 Å². The monoisotopic (exact) mass is 342 g/mol. The number of halogens is 3. The third-order valence-corrected chi connectivity index (χ3v) is 3.97. The number of hydrogen-bond donors (Lipinski definition) is 1. The van der Waals surface area contributed by atoms with E-state index in [9.17, 15) is 9.50 Å². The molecule has 0 fully saturated rings. The number of hydrogen-bond acceptors (Lipinski definition) is 1. The van der Waals surface area contributed by atoms with Crippen LogP contribution in [0.2, 0.25) is 5.02 Å². The van der Waals surface area contributed by atoms with E-state index in [1.807, 2.05) is 25.1 Å². The fraction of sp³-hybridized carbons (Fsp3) is 0.200. The van der Waals surface area contributed by atoms with Crippen molar-refractivity contribution >= 4 is 27.5 Å². The van der Waals surface area contributed by atoms with Gasteiger partial charge in [-0.15, -0.1) is 0 Å². The van der Waals surface area contributed by atoms with Gasteiger partial charge in [-0.05, 0) is 30.2 Å². The Kier molecular flexibility index (Phi) is 4.61. The molecule has 0 radical (unpaired) electrons. The first-order valence-corrected chi connectivity index (χ1v) is 7.03. The van der Waals surface area contributed by atoms with Gasteiger partial charge in [0.1, 0.15) is 5.82 Å². The molecule has 1 N–H and O–H groups in total. The fourth-order valence-electron chi connectivity index (χ4n) is 1.94. The molecule has 1 nitrogen and oxygen atoms in total. The number of rotatable bonds is 3. The van der Waals surface area contributed by atoms with Crippen molar-refractivity contribution in [3.8, 4) is 0 Å². The Bertz CT molecular complexity index is 601. The van der Waals surface area contributed by atoms with Crippen LogP contribution in [0.1, 0.15) is 22.8 Å². The zero-order valence-corrected chi connectivity index (χ0v) is 12.7. The van der Waals surface area contributed by atoms with Crippen molar-refractivity contribution in [3.05, 3.63) is 68.4 Å². The van der Waals surface area contributed by atoms with E-state index in [1.165, 1.54) is 6.07 Å². The fourth-order valence-corrected chi connectivity index (χ4v) is 2.65. The second-order valence-electron chi connectivity index (χ2n) is 4.46. The standard InChI is InChI=1S/C15H13BrClFO/c1-9-5-6-12(16)11(7-9)14(19)8-10-3-2-4-13(17)15(10)18/h2-7,14,19H,8H2,1H3. The average Bonchev–Trinajstić information content (AvgIpc) is 2.38. The number of aliphatic hydroxyl groups is 1. The molecule has 0 aliphatic rings. The smallest absolute Gasteiger partial charge is 0.145 e. The Labute approximate surface area is 125 Å². The minimum atomic E-state index is -0.776. The molecule has 0 heterocycles. The van der Waals surface area contributed by atoms with Gasteiger partial charge in [0.2, 0.25) is 0 Å². The van der Waals surface area contributed by atoms with Crippen molar-refractivity contribution in [1.29, 1.82) is 0 Å². The highest BCUT2D eigenvalue weighted by molar-refractivity contribution is 9.10. The summed E-state index contributed by atoms with van der Waals surface area (Å²) in [6.07, 6.45) is -0.587. The van der Waals surface area contributed by atoms with E-state index in [1.54, 1.807) is 12.1 Å². The maximum Gasteiger partial charge on any atom is 0.145 e. The summed E-state index contributed by atoms with van der Waals surface area (Å²) in [4.78, 5) is 0. The van der Waals surface area contributed by atoms with E-state index in [0.29, 0.717) is 5.56 Å². The van der Waals surface area contributed by atoms with Crippen LogP contribution in [-0.4, -0.2) is 5.11 Å². The molecular formula is C15H13BrClFO. The molecule has 0 amide bonds. The van der Waals surface area contributed by atoms with Crippen molar-refractivity contribution in [3.63, 3.8) is 0 Å². The number of aliphatic hydroxyl groups excluding tert-OH is 1. The van der Waals surface area contributed by atoms with E-state index in [-0.39, 0.29) is 11.4 Å². The molecule has 0 aromatic heterocycles. The summed E-state index contributed by atoms with van der Waals surface area (Å²) >= 11 is 9.13. The van der Waals surface area contributed by atoms with E-state index in [0.717, 1.165) is 15.6 Å². The maximum atomic E-state index is 13.8. The first-order valence-electron chi connectivity index (χ1n) is 5.86. The summed E-state index contributed by atoms with van der Waals surface area (Å²) in [5.41, 5.74) is 2.21. The van der Waals surface area contributed by atoms with Crippen LogP contribution in [0.3, 0.4) is 0 Å². The van der Waals surface area contributed by atoms with Crippen LogP contribution < -0.4 is 0 Å². The molecule has 0 aliphatic carbocycles. The largest absolute Gasteiger partial charge is 0.388 e. The summed E-state index contributed by atoms with van der Waals surface area (Å²) < 4.78 is 14.6. The van der Waals surface area contributed by atoms with Crippen molar-refractivity contribution < 1.29 is 9.50 Å². The van der Waals surface area contributed by atoms with Crippen LogP contribution in [-0.2, 0) is 6.42 Å². The Morgan fingerprint density at radius 1 is 1.32 bits per heavy atom. The molecule has 19 heavy (non-hydrogen) atoms. The lowest BCUT2D eigenvalue weighted by molar-refractivity contribution is 0.176. The quantitative estimate of drug-likeness (QED) is 0.846. The van der Waals surface area contributed by atoms with Gasteiger partial charge in [-0.2, -0.15) is 0 Å². The molecule has 0 bridgehead atoms. The average molecular weight is 344 g/mol. The number of benzene rings is 2. The van der Waals surface area contributed by atoms with Gasteiger partial charge in [0, 0.05) is 10.9 Å². The molecule has 0 spiro atoms. The summed E-state index contributed by atoms with van der Waals surface area (Å²) in [6.45, 7) is 1.95. The van der Waals surface area contributed by atoms with Crippen molar-refractivity contribution in [2.45, 2.75) is 19.4 Å². The van der Waals surface area contributed by atoms with Crippen LogP contribution in [0.15, 0.2) is 40.9 Å². The zero-order valence-electron chi connectivity index (χ0n) is 10.3. The highest BCUT2D eigenvalue weighted by Gasteiger charge is 2.15. The summed E-state index contributed by atoms with van der Waals surface area (Å²) in [7, 11) is 0. The van der Waals surface area contributed by atoms with E-state index in [2.05, 4.69) is 15.9 Å². The van der Waals surface area contributed by atoms with Gasteiger partial charge in [0.15, 0.2) is 0 Å². The zero-order chi connectivity index (χ0) is 14.0. The molecule has 2 aromatic carbocycles. The first kappa shape index (κ1) is 14.5. The highest BCUT2D eigenvalue weighted by atomic mass is 79.9. The highest BCUT2D eigenvalue weighted by Crippen LogP contribution is 2.29. The number of aryl methyl sites for hydroxylation is 1. The van der Waals surface area contributed by atoms with E-state index >= 15 is 0 Å². The third kappa shape index (κ3) is 3.35.